The van der Waals surface area contributed by atoms with Crippen molar-refractivity contribution in [1.29, 1.82) is 0 Å². The highest BCUT2D eigenvalue weighted by Crippen LogP contribution is 2.35. The minimum Gasteiger partial charge on any atom is -0.433 e. The van der Waals surface area contributed by atoms with Crippen molar-refractivity contribution in [2.24, 2.45) is 0 Å². The molecule has 11 heteroatoms. The van der Waals surface area contributed by atoms with Gasteiger partial charge in [-0.3, -0.25) is 4.21 Å². The van der Waals surface area contributed by atoms with Crippen LogP contribution in [0.1, 0.15) is 50.9 Å². The Kier molecular flexibility index (Phi) is 8.61. The Morgan fingerprint density at radius 3 is 2.30 bits per heavy atom. The summed E-state index contributed by atoms with van der Waals surface area (Å²) in [6.45, 7) is 9.08. The second-order valence-corrected chi connectivity index (χ2v) is 9.82. The van der Waals surface area contributed by atoms with Gasteiger partial charge in [0.1, 0.15) is 5.03 Å². The molecular formula is C19H24Cl2FN3O3S2. The molecule has 0 N–H and O–H groups in total. The van der Waals surface area contributed by atoms with Crippen LogP contribution in [0, 0.1) is 6.92 Å². The molecule has 0 spiro atoms. The van der Waals surface area contributed by atoms with E-state index in [4.69, 9.17) is 27.9 Å². The lowest BCUT2D eigenvalue weighted by molar-refractivity contribution is 0.0549. The summed E-state index contributed by atoms with van der Waals surface area (Å²) in [4.78, 5) is 18.9. The van der Waals surface area contributed by atoms with Crippen LogP contribution in [0.25, 0.3) is 0 Å². The highest BCUT2D eigenvalue weighted by atomic mass is 35.5. The maximum atomic E-state index is 13.8. The molecule has 2 aromatic rings. The predicted molar refractivity (Wildman–Crippen MR) is 120 cm³/mol. The van der Waals surface area contributed by atoms with E-state index in [1.807, 2.05) is 27.7 Å². The number of imidazole rings is 1. The molecule has 0 aliphatic rings. The molecular weight excluding hydrogens is 472 g/mol. The van der Waals surface area contributed by atoms with Crippen LogP contribution in [0.2, 0.25) is 10.0 Å². The topological polar surface area (TPSA) is 64.4 Å². The van der Waals surface area contributed by atoms with Gasteiger partial charge in [0.15, 0.2) is 24.3 Å². The van der Waals surface area contributed by atoms with Crippen molar-refractivity contribution in [3.05, 3.63) is 45.3 Å². The molecule has 166 valence electrons. The monoisotopic (exact) mass is 495 g/mol. The number of amides is 1. The van der Waals surface area contributed by atoms with Crippen LogP contribution in [-0.2, 0) is 15.5 Å². The number of carbonyl (C=O) groups is 1. The summed E-state index contributed by atoms with van der Waals surface area (Å²) in [6, 6.07) is 4.48. The van der Waals surface area contributed by atoms with Gasteiger partial charge in [-0.25, -0.2) is 13.8 Å². The standard InChI is InChI=1S/C19H24Cl2FN3O3S2/c1-10(2)24(11(3)4)19(26)28-16(13-7-8-14(20)15(21)9-13)17-23-18(30(6)27)12(5)25(17)29-22/h7-11,16H,1-6H3. The fourth-order valence-corrected chi connectivity index (χ4v) is 4.63. The maximum Gasteiger partial charge on any atom is 0.411 e. The van der Waals surface area contributed by atoms with E-state index in [0.717, 1.165) is 3.97 Å². The van der Waals surface area contributed by atoms with Gasteiger partial charge in [0, 0.05) is 23.9 Å². The van der Waals surface area contributed by atoms with Crippen LogP contribution in [0.3, 0.4) is 0 Å². The first-order valence-electron chi connectivity index (χ1n) is 9.15. The molecule has 1 aromatic heterocycles. The quantitative estimate of drug-likeness (QED) is 0.473. The molecule has 1 heterocycles. The smallest absolute Gasteiger partial charge is 0.411 e. The van der Waals surface area contributed by atoms with Crippen molar-refractivity contribution in [2.75, 3.05) is 6.26 Å². The fourth-order valence-electron chi connectivity index (χ4n) is 3.14. The van der Waals surface area contributed by atoms with Crippen molar-refractivity contribution >= 4 is 52.4 Å². The maximum absolute atomic E-state index is 13.8. The molecule has 2 unspecified atom stereocenters. The Morgan fingerprint density at radius 2 is 1.83 bits per heavy atom. The highest BCUT2D eigenvalue weighted by molar-refractivity contribution is 7.92. The van der Waals surface area contributed by atoms with E-state index in [1.165, 1.54) is 12.3 Å². The van der Waals surface area contributed by atoms with Gasteiger partial charge in [0.2, 0.25) is 0 Å². The third-order valence-electron chi connectivity index (χ3n) is 4.40. The van der Waals surface area contributed by atoms with Crippen LogP contribution in [0.15, 0.2) is 23.2 Å². The number of hydrogen-bond donors (Lipinski definition) is 0. The summed E-state index contributed by atoms with van der Waals surface area (Å²) in [7, 11) is -1.46. The molecule has 0 aliphatic carbocycles. The molecule has 2 rings (SSSR count). The van der Waals surface area contributed by atoms with Crippen molar-refractivity contribution < 1.29 is 17.6 Å². The van der Waals surface area contributed by atoms with Gasteiger partial charge in [0.05, 0.1) is 26.5 Å². The molecule has 0 saturated heterocycles. The minimum atomic E-state index is -1.46. The Bertz CT molecular complexity index is 945. The van der Waals surface area contributed by atoms with E-state index in [0.29, 0.717) is 16.3 Å². The SMILES string of the molecule is Cc1c(S(C)=O)nc(C(OC(=O)N(C(C)C)C(C)C)c2ccc(Cl)c(Cl)c2)n1SF. The minimum absolute atomic E-state index is 0.0874. The predicted octanol–water partition coefficient (Wildman–Crippen LogP) is 5.96. The molecule has 6 nitrogen and oxygen atoms in total. The van der Waals surface area contributed by atoms with Crippen molar-refractivity contribution in [3.8, 4) is 0 Å². The number of carbonyl (C=O) groups excluding carboxylic acids is 1. The Labute approximate surface area is 193 Å². The Morgan fingerprint density at radius 1 is 1.23 bits per heavy atom. The van der Waals surface area contributed by atoms with Crippen LogP contribution < -0.4 is 0 Å². The average molecular weight is 496 g/mol. The van der Waals surface area contributed by atoms with Gasteiger partial charge in [0.25, 0.3) is 0 Å². The average Bonchev–Trinajstić information content (AvgIpc) is 2.97. The van der Waals surface area contributed by atoms with E-state index >= 15 is 0 Å². The van der Waals surface area contributed by atoms with Crippen molar-refractivity contribution in [2.45, 2.75) is 57.8 Å². The third kappa shape index (κ3) is 5.30. The van der Waals surface area contributed by atoms with Crippen LogP contribution in [-0.4, -0.2) is 42.5 Å². The summed E-state index contributed by atoms with van der Waals surface area (Å²) in [5.74, 6) is 0.0874. The summed E-state index contributed by atoms with van der Waals surface area (Å²) in [5, 5.41) is 0.786. The molecule has 1 amide bonds. The van der Waals surface area contributed by atoms with Gasteiger partial charge in [-0.2, -0.15) is 0 Å². The summed E-state index contributed by atoms with van der Waals surface area (Å²) in [6.07, 6.45) is -0.232. The van der Waals surface area contributed by atoms with Crippen LogP contribution in [0.5, 0.6) is 0 Å². The molecule has 0 fully saturated rings. The van der Waals surface area contributed by atoms with E-state index in [-0.39, 0.29) is 40.3 Å². The number of nitrogens with zero attached hydrogens (tertiary/aromatic N) is 3. The lowest BCUT2D eigenvalue weighted by Crippen LogP contribution is -2.43. The van der Waals surface area contributed by atoms with Crippen LogP contribution >= 0.6 is 35.5 Å². The molecule has 1 aromatic carbocycles. The summed E-state index contributed by atoms with van der Waals surface area (Å²) < 4.78 is 32.9. The Balaban J connectivity index is 2.63. The number of hydrogen-bond acceptors (Lipinski definition) is 5. The van der Waals surface area contributed by atoms with Gasteiger partial charge in [-0.15, -0.1) is 3.89 Å². The molecule has 0 bridgehead atoms. The first-order chi connectivity index (χ1) is 14.0. The molecule has 0 aliphatic heterocycles. The first kappa shape index (κ1) is 25.0. The first-order valence-corrected chi connectivity index (χ1v) is 12.1. The Hall–Kier alpha value is -1.29. The number of benzene rings is 1. The second kappa shape index (κ2) is 10.3. The molecule has 30 heavy (non-hydrogen) atoms. The summed E-state index contributed by atoms with van der Waals surface area (Å²) in [5.41, 5.74) is 0.822. The normalized spacial score (nSPS) is 13.6. The molecule has 0 saturated carbocycles. The highest BCUT2D eigenvalue weighted by Gasteiger charge is 2.32. The zero-order chi connectivity index (χ0) is 22.7. The zero-order valence-corrected chi connectivity index (χ0v) is 20.6. The van der Waals surface area contributed by atoms with E-state index < -0.39 is 23.0 Å². The number of ether oxygens (including phenoxy) is 1. The molecule has 0 radical (unpaired) electrons. The second-order valence-electron chi connectivity index (χ2n) is 7.21. The fraction of sp³-hybridized carbons (Fsp3) is 0.474. The zero-order valence-electron chi connectivity index (χ0n) is 17.5. The van der Waals surface area contributed by atoms with E-state index in [2.05, 4.69) is 4.98 Å². The van der Waals surface area contributed by atoms with Crippen molar-refractivity contribution in [1.82, 2.24) is 13.9 Å². The van der Waals surface area contributed by atoms with Crippen molar-refractivity contribution in [3.63, 3.8) is 0 Å². The largest absolute Gasteiger partial charge is 0.433 e. The molecule has 2 atom stereocenters. The van der Waals surface area contributed by atoms with Gasteiger partial charge >= 0.3 is 6.09 Å². The number of halogens is 3. The number of rotatable bonds is 7. The van der Waals surface area contributed by atoms with Gasteiger partial charge < -0.3 is 9.64 Å². The van der Waals surface area contributed by atoms with E-state index in [1.54, 1.807) is 24.0 Å². The van der Waals surface area contributed by atoms with E-state index in [9.17, 15) is 12.9 Å². The lowest BCUT2D eigenvalue weighted by Gasteiger charge is -2.31. The number of aromatic nitrogens is 2. The third-order valence-corrected chi connectivity index (χ3v) is 6.67. The summed E-state index contributed by atoms with van der Waals surface area (Å²) >= 11 is 12.1. The van der Waals surface area contributed by atoms with Crippen LogP contribution in [0.4, 0.5) is 8.68 Å². The van der Waals surface area contributed by atoms with Gasteiger partial charge in [-0.1, -0.05) is 29.3 Å². The lowest BCUT2D eigenvalue weighted by atomic mass is 10.1. The van der Waals surface area contributed by atoms with Gasteiger partial charge in [-0.05, 0) is 46.8 Å².